The zero-order valence-corrected chi connectivity index (χ0v) is 17.6. The SMILES string of the molecule is CN(C/C=C/C#CC(C)(C)C)Cc1cccc2c(N(O)O)ccc(SCO)c12. The minimum absolute atomic E-state index is 0.00896. The van der Waals surface area contributed by atoms with E-state index in [0.29, 0.717) is 12.2 Å². The second kappa shape index (κ2) is 9.97. The molecule has 2 aromatic rings. The lowest BCUT2D eigenvalue weighted by molar-refractivity contribution is 0.0300. The van der Waals surface area contributed by atoms with Gasteiger partial charge in [0.2, 0.25) is 0 Å². The van der Waals surface area contributed by atoms with Crippen LogP contribution in [0, 0.1) is 17.3 Å². The van der Waals surface area contributed by atoms with Crippen LogP contribution in [0.4, 0.5) is 5.69 Å². The van der Waals surface area contributed by atoms with Crippen molar-refractivity contribution in [3.8, 4) is 11.8 Å². The van der Waals surface area contributed by atoms with Crippen LogP contribution < -0.4 is 5.23 Å². The summed E-state index contributed by atoms with van der Waals surface area (Å²) < 4.78 is 0. The van der Waals surface area contributed by atoms with Crippen molar-refractivity contribution in [2.24, 2.45) is 5.41 Å². The van der Waals surface area contributed by atoms with Crippen LogP contribution >= 0.6 is 11.8 Å². The van der Waals surface area contributed by atoms with Crippen molar-refractivity contribution in [3.63, 3.8) is 0 Å². The van der Waals surface area contributed by atoms with Gasteiger partial charge in [0.15, 0.2) is 0 Å². The predicted octanol–water partition coefficient (Wildman–Crippen LogP) is 4.50. The molecule has 0 bridgehead atoms. The summed E-state index contributed by atoms with van der Waals surface area (Å²) >= 11 is 1.32. The number of allylic oxidation sites excluding steroid dienone is 1. The Morgan fingerprint density at radius 2 is 1.89 bits per heavy atom. The van der Waals surface area contributed by atoms with Crippen molar-refractivity contribution in [1.82, 2.24) is 4.90 Å². The van der Waals surface area contributed by atoms with Crippen molar-refractivity contribution < 1.29 is 15.5 Å². The van der Waals surface area contributed by atoms with E-state index in [1.54, 1.807) is 12.1 Å². The maximum absolute atomic E-state index is 9.54. The molecule has 0 fully saturated rings. The highest BCUT2D eigenvalue weighted by atomic mass is 32.2. The molecule has 0 amide bonds. The average molecular weight is 401 g/mol. The third-order valence-electron chi connectivity index (χ3n) is 4.01. The number of hydrogen-bond donors (Lipinski definition) is 3. The van der Waals surface area contributed by atoms with Crippen molar-refractivity contribution in [3.05, 3.63) is 48.0 Å². The van der Waals surface area contributed by atoms with Crippen LogP contribution in [0.1, 0.15) is 26.3 Å². The molecule has 0 aromatic heterocycles. The van der Waals surface area contributed by atoms with Gasteiger partial charge in [0.05, 0.1) is 5.94 Å². The van der Waals surface area contributed by atoms with E-state index in [4.69, 9.17) is 0 Å². The third kappa shape index (κ3) is 6.26. The van der Waals surface area contributed by atoms with E-state index >= 15 is 0 Å². The summed E-state index contributed by atoms with van der Waals surface area (Å²) in [4.78, 5) is 3.05. The third-order valence-corrected chi connectivity index (χ3v) is 4.79. The highest BCUT2D eigenvalue weighted by Crippen LogP contribution is 2.36. The Labute approximate surface area is 171 Å². The number of anilines is 1. The first-order chi connectivity index (χ1) is 13.2. The molecule has 0 spiro atoms. The Morgan fingerprint density at radius 1 is 1.14 bits per heavy atom. The van der Waals surface area contributed by atoms with Gasteiger partial charge in [-0.1, -0.05) is 47.9 Å². The van der Waals surface area contributed by atoms with Gasteiger partial charge in [-0.3, -0.25) is 15.3 Å². The quantitative estimate of drug-likeness (QED) is 0.275. The van der Waals surface area contributed by atoms with Gasteiger partial charge < -0.3 is 5.11 Å². The predicted molar refractivity (Wildman–Crippen MR) is 116 cm³/mol. The summed E-state index contributed by atoms with van der Waals surface area (Å²) in [6.07, 6.45) is 3.91. The minimum Gasteiger partial charge on any atom is -0.385 e. The molecule has 0 radical (unpaired) electrons. The lowest BCUT2D eigenvalue weighted by Gasteiger charge is -2.19. The molecule has 3 N–H and O–H groups in total. The van der Waals surface area contributed by atoms with E-state index in [-0.39, 0.29) is 16.6 Å². The fraction of sp³-hybridized carbons (Fsp3) is 0.364. The van der Waals surface area contributed by atoms with E-state index in [9.17, 15) is 15.5 Å². The topological polar surface area (TPSA) is 67.2 Å². The first-order valence-electron chi connectivity index (χ1n) is 9.05. The van der Waals surface area contributed by atoms with Crippen LogP contribution in [-0.2, 0) is 6.54 Å². The average Bonchev–Trinajstić information content (AvgIpc) is 2.60. The number of thioether (sulfide) groups is 1. The number of nitrogens with zero attached hydrogens (tertiary/aromatic N) is 2. The van der Waals surface area contributed by atoms with Gasteiger partial charge in [-0.05, 0) is 51.6 Å². The van der Waals surface area contributed by atoms with E-state index in [0.717, 1.165) is 27.8 Å². The number of aliphatic hydroxyl groups excluding tert-OH is 1. The minimum atomic E-state index is -0.0459. The standard InChI is InChI=1S/C22H28N2O3S/c1-22(2,3)13-6-5-7-14-23(4)15-17-9-8-10-18-19(24(26)27)11-12-20(21(17)18)28-16-25/h5,7-12,25-27H,14-16H2,1-4H3/b7-5+. The van der Waals surface area contributed by atoms with E-state index in [2.05, 4.69) is 37.5 Å². The van der Waals surface area contributed by atoms with Crippen molar-refractivity contribution in [2.75, 3.05) is 24.8 Å². The van der Waals surface area contributed by atoms with Gasteiger partial charge in [0.25, 0.3) is 0 Å². The van der Waals surface area contributed by atoms with E-state index in [1.807, 2.05) is 37.4 Å². The monoisotopic (exact) mass is 400 g/mol. The molecular formula is C22H28N2O3S. The number of aliphatic hydroxyl groups is 1. The fourth-order valence-electron chi connectivity index (χ4n) is 2.83. The van der Waals surface area contributed by atoms with Gasteiger partial charge >= 0.3 is 0 Å². The van der Waals surface area contributed by atoms with Crippen LogP contribution in [-0.4, -0.2) is 40.0 Å². The normalized spacial score (nSPS) is 11.9. The number of hydrogen-bond acceptors (Lipinski definition) is 6. The molecule has 0 unspecified atom stereocenters. The fourth-order valence-corrected chi connectivity index (χ4v) is 3.52. The number of rotatable bonds is 7. The number of benzene rings is 2. The first kappa shape index (κ1) is 22.3. The highest BCUT2D eigenvalue weighted by molar-refractivity contribution is 7.99. The highest BCUT2D eigenvalue weighted by Gasteiger charge is 2.14. The molecule has 0 aliphatic heterocycles. The molecule has 0 heterocycles. The molecule has 0 saturated carbocycles. The largest absolute Gasteiger partial charge is 0.385 e. The van der Waals surface area contributed by atoms with Gasteiger partial charge in [0.1, 0.15) is 5.69 Å². The number of fused-ring (bicyclic) bond motifs is 1. The maximum Gasteiger partial charge on any atom is 0.102 e. The molecule has 150 valence electrons. The van der Waals surface area contributed by atoms with Gasteiger partial charge in [-0.25, -0.2) is 0 Å². The van der Waals surface area contributed by atoms with Gasteiger partial charge in [0, 0.05) is 34.2 Å². The zero-order valence-electron chi connectivity index (χ0n) is 16.8. The van der Waals surface area contributed by atoms with Crippen molar-refractivity contribution in [2.45, 2.75) is 32.2 Å². The van der Waals surface area contributed by atoms with Crippen LogP contribution in [0.15, 0.2) is 47.4 Å². The summed E-state index contributed by atoms with van der Waals surface area (Å²) in [7, 11) is 2.02. The molecule has 2 rings (SSSR count). The maximum atomic E-state index is 9.54. The Kier molecular flexibility index (Phi) is 7.93. The molecule has 2 aromatic carbocycles. The molecule has 5 nitrogen and oxygen atoms in total. The van der Waals surface area contributed by atoms with Crippen molar-refractivity contribution >= 4 is 28.2 Å². The lowest BCUT2D eigenvalue weighted by atomic mass is 9.98. The zero-order chi connectivity index (χ0) is 20.7. The second-order valence-electron chi connectivity index (χ2n) is 7.60. The second-order valence-corrected chi connectivity index (χ2v) is 8.59. The molecule has 6 heteroatoms. The molecule has 0 atom stereocenters. The smallest absolute Gasteiger partial charge is 0.102 e. The summed E-state index contributed by atoms with van der Waals surface area (Å²) in [5.41, 5.74) is 1.35. The lowest BCUT2D eigenvalue weighted by Crippen LogP contribution is -2.18. The molecule has 0 saturated heterocycles. The summed E-state index contributed by atoms with van der Waals surface area (Å²) in [5.74, 6) is 6.20. The number of likely N-dealkylation sites (N-methyl/N-ethyl adjacent to an activating group) is 1. The summed E-state index contributed by atoms with van der Waals surface area (Å²) in [6.45, 7) is 7.65. The van der Waals surface area contributed by atoms with Crippen LogP contribution in [0.3, 0.4) is 0 Å². The van der Waals surface area contributed by atoms with E-state index in [1.165, 1.54) is 11.8 Å². The Morgan fingerprint density at radius 3 is 2.54 bits per heavy atom. The van der Waals surface area contributed by atoms with E-state index < -0.39 is 0 Å². The Bertz CT molecular complexity index is 892. The van der Waals surface area contributed by atoms with Crippen molar-refractivity contribution in [1.29, 1.82) is 0 Å². The van der Waals surface area contributed by atoms with Gasteiger partial charge in [-0.15, -0.1) is 5.23 Å². The molecule has 0 aliphatic rings. The Hall–Kier alpha value is -2.01. The van der Waals surface area contributed by atoms with Crippen LogP contribution in [0.2, 0.25) is 0 Å². The molecule has 28 heavy (non-hydrogen) atoms. The van der Waals surface area contributed by atoms with Gasteiger partial charge in [-0.2, -0.15) is 0 Å². The summed E-state index contributed by atoms with van der Waals surface area (Å²) in [6, 6.07) is 9.19. The molecule has 0 aliphatic carbocycles. The van der Waals surface area contributed by atoms with Crippen LogP contribution in [0.5, 0.6) is 0 Å². The van der Waals surface area contributed by atoms with Crippen LogP contribution in [0.25, 0.3) is 10.8 Å². The Balaban J connectivity index is 2.27. The summed E-state index contributed by atoms with van der Waals surface area (Å²) in [5, 5.41) is 30.2. The molecular weight excluding hydrogens is 372 g/mol. The first-order valence-corrected chi connectivity index (χ1v) is 10.0.